The van der Waals surface area contributed by atoms with Crippen LogP contribution in [0.4, 0.5) is 0 Å². The van der Waals surface area contributed by atoms with Crippen LogP contribution in [0.15, 0.2) is 0 Å². The highest BCUT2D eigenvalue weighted by Gasteiger charge is 1.86. The minimum absolute atomic E-state index is 0.618. The average Bonchev–Trinajstić information content (AvgIpc) is 1.68. The average molecular weight is 100 g/mol. The summed E-state index contributed by atoms with van der Waals surface area (Å²) in [5.41, 5.74) is 5.92. The number of rotatable bonds is 3. The standard InChI is InChI=1S/C5H12N2/c1-2-5(7)3-4-6/h7H,2-4,6H2,1H3. The predicted octanol–water partition coefficient (Wildman–Crippen LogP) is 0.765. The molecule has 7 heavy (non-hydrogen) atoms. The molecule has 0 bridgehead atoms. The molecule has 0 atom stereocenters. The normalized spacial score (nSPS) is 8.86. The highest BCUT2D eigenvalue weighted by molar-refractivity contribution is 5.81. The lowest BCUT2D eigenvalue weighted by molar-refractivity contribution is 1.00. The molecule has 0 saturated heterocycles. The van der Waals surface area contributed by atoms with Crippen molar-refractivity contribution < 1.29 is 0 Å². The summed E-state index contributed by atoms with van der Waals surface area (Å²) in [4.78, 5) is 0. The van der Waals surface area contributed by atoms with Gasteiger partial charge >= 0.3 is 0 Å². The second kappa shape index (κ2) is 3.81. The van der Waals surface area contributed by atoms with Crippen molar-refractivity contribution in [2.24, 2.45) is 5.73 Å². The summed E-state index contributed by atoms with van der Waals surface area (Å²) in [5.74, 6) is 0. The fourth-order valence-corrected chi connectivity index (χ4v) is 0.351. The van der Waals surface area contributed by atoms with Crippen molar-refractivity contribution in [1.82, 2.24) is 0 Å². The SMILES string of the molecule is CCC(=N)CCN. The zero-order valence-corrected chi connectivity index (χ0v) is 4.70. The molecular weight excluding hydrogens is 88.1 g/mol. The zero-order valence-electron chi connectivity index (χ0n) is 4.70. The van der Waals surface area contributed by atoms with Gasteiger partial charge in [0.05, 0.1) is 0 Å². The Kier molecular flexibility index (Phi) is 3.61. The van der Waals surface area contributed by atoms with Gasteiger partial charge in [-0.05, 0) is 19.4 Å². The van der Waals surface area contributed by atoms with E-state index in [1.54, 1.807) is 0 Å². The molecule has 0 heterocycles. The number of hydrogen-bond acceptors (Lipinski definition) is 2. The minimum Gasteiger partial charge on any atom is -0.330 e. The van der Waals surface area contributed by atoms with Crippen molar-refractivity contribution in [2.75, 3.05) is 6.54 Å². The van der Waals surface area contributed by atoms with Crippen molar-refractivity contribution >= 4 is 5.71 Å². The fraction of sp³-hybridized carbons (Fsp3) is 0.800. The molecule has 0 aliphatic carbocycles. The lowest BCUT2D eigenvalue weighted by atomic mass is 10.2. The molecule has 0 aromatic heterocycles. The Morgan fingerprint density at radius 3 is 2.43 bits per heavy atom. The molecule has 0 spiro atoms. The van der Waals surface area contributed by atoms with Gasteiger partial charge in [-0.15, -0.1) is 0 Å². The van der Waals surface area contributed by atoms with E-state index in [0.717, 1.165) is 18.6 Å². The van der Waals surface area contributed by atoms with Gasteiger partial charge in [-0.2, -0.15) is 0 Å². The largest absolute Gasteiger partial charge is 0.330 e. The number of hydrogen-bond donors (Lipinski definition) is 2. The molecule has 0 saturated carbocycles. The second-order valence-electron chi connectivity index (χ2n) is 1.50. The van der Waals surface area contributed by atoms with Crippen LogP contribution in [0.3, 0.4) is 0 Å². The van der Waals surface area contributed by atoms with Crippen LogP contribution in [-0.2, 0) is 0 Å². The lowest BCUT2D eigenvalue weighted by Gasteiger charge is -1.92. The van der Waals surface area contributed by atoms with Crippen LogP contribution in [0.1, 0.15) is 19.8 Å². The Hall–Kier alpha value is -0.370. The summed E-state index contributed by atoms with van der Waals surface area (Å²) in [6.45, 7) is 2.59. The van der Waals surface area contributed by atoms with Gasteiger partial charge in [0.1, 0.15) is 0 Å². The number of nitrogens with one attached hydrogen (secondary N) is 1. The topological polar surface area (TPSA) is 49.9 Å². The quantitative estimate of drug-likeness (QED) is 0.505. The maximum atomic E-state index is 7.06. The Bertz CT molecular complexity index is 59.1. The van der Waals surface area contributed by atoms with E-state index in [-0.39, 0.29) is 0 Å². The smallest absolute Gasteiger partial charge is 0.00989 e. The molecule has 0 aliphatic heterocycles. The summed E-state index contributed by atoms with van der Waals surface area (Å²) in [5, 5.41) is 7.06. The van der Waals surface area contributed by atoms with Crippen LogP contribution in [0.2, 0.25) is 0 Å². The van der Waals surface area contributed by atoms with Crippen molar-refractivity contribution in [1.29, 1.82) is 5.41 Å². The fourth-order valence-electron chi connectivity index (χ4n) is 0.351. The van der Waals surface area contributed by atoms with Crippen LogP contribution < -0.4 is 5.73 Å². The van der Waals surface area contributed by atoms with Crippen LogP contribution in [-0.4, -0.2) is 12.3 Å². The van der Waals surface area contributed by atoms with Crippen molar-refractivity contribution in [3.63, 3.8) is 0 Å². The van der Waals surface area contributed by atoms with Crippen LogP contribution in [0.25, 0.3) is 0 Å². The Morgan fingerprint density at radius 1 is 1.71 bits per heavy atom. The Balaban J connectivity index is 3.00. The maximum Gasteiger partial charge on any atom is 0.00989 e. The zero-order chi connectivity index (χ0) is 5.70. The second-order valence-corrected chi connectivity index (χ2v) is 1.50. The molecule has 0 aromatic rings. The number of nitrogens with two attached hydrogens (primary N) is 1. The molecule has 2 heteroatoms. The van der Waals surface area contributed by atoms with E-state index in [0.29, 0.717) is 6.54 Å². The summed E-state index contributed by atoms with van der Waals surface area (Å²) in [7, 11) is 0. The van der Waals surface area contributed by atoms with Gasteiger partial charge in [0.15, 0.2) is 0 Å². The predicted molar refractivity (Wildman–Crippen MR) is 31.7 cm³/mol. The van der Waals surface area contributed by atoms with Gasteiger partial charge in [0, 0.05) is 5.71 Å². The Morgan fingerprint density at radius 2 is 2.29 bits per heavy atom. The van der Waals surface area contributed by atoms with Gasteiger partial charge in [0.25, 0.3) is 0 Å². The molecule has 0 aliphatic rings. The molecule has 0 rings (SSSR count). The monoisotopic (exact) mass is 100 g/mol. The summed E-state index contributed by atoms with van der Waals surface area (Å²) < 4.78 is 0. The third kappa shape index (κ3) is 3.46. The van der Waals surface area contributed by atoms with E-state index in [4.69, 9.17) is 11.1 Å². The van der Waals surface area contributed by atoms with Gasteiger partial charge < -0.3 is 11.1 Å². The van der Waals surface area contributed by atoms with Gasteiger partial charge in [-0.25, -0.2) is 0 Å². The molecule has 3 N–H and O–H groups in total. The summed E-state index contributed by atoms with van der Waals surface area (Å²) >= 11 is 0. The minimum atomic E-state index is 0.618. The van der Waals surface area contributed by atoms with Gasteiger partial charge in [0.2, 0.25) is 0 Å². The third-order valence-electron chi connectivity index (χ3n) is 0.873. The first-order chi connectivity index (χ1) is 3.31. The lowest BCUT2D eigenvalue weighted by Crippen LogP contribution is -2.05. The first-order valence-corrected chi connectivity index (χ1v) is 2.57. The van der Waals surface area contributed by atoms with E-state index in [1.807, 2.05) is 6.92 Å². The molecular formula is C5H12N2. The molecule has 0 fully saturated rings. The van der Waals surface area contributed by atoms with Crippen molar-refractivity contribution in [3.05, 3.63) is 0 Å². The first kappa shape index (κ1) is 6.63. The molecule has 0 radical (unpaired) electrons. The van der Waals surface area contributed by atoms with E-state index in [1.165, 1.54) is 0 Å². The maximum absolute atomic E-state index is 7.06. The third-order valence-corrected chi connectivity index (χ3v) is 0.873. The van der Waals surface area contributed by atoms with Crippen molar-refractivity contribution in [3.8, 4) is 0 Å². The molecule has 0 amide bonds. The highest BCUT2D eigenvalue weighted by atomic mass is 14.5. The van der Waals surface area contributed by atoms with E-state index in [9.17, 15) is 0 Å². The first-order valence-electron chi connectivity index (χ1n) is 2.57. The molecule has 42 valence electrons. The molecule has 0 unspecified atom stereocenters. The van der Waals surface area contributed by atoms with E-state index >= 15 is 0 Å². The molecule has 2 nitrogen and oxygen atoms in total. The van der Waals surface area contributed by atoms with Crippen LogP contribution >= 0.6 is 0 Å². The van der Waals surface area contributed by atoms with Gasteiger partial charge in [-0.3, -0.25) is 0 Å². The van der Waals surface area contributed by atoms with E-state index in [2.05, 4.69) is 0 Å². The van der Waals surface area contributed by atoms with Crippen LogP contribution in [0, 0.1) is 5.41 Å². The van der Waals surface area contributed by atoms with Gasteiger partial charge in [-0.1, -0.05) is 6.92 Å². The highest BCUT2D eigenvalue weighted by Crippen LogP contribution is 1.84. The van der Waals surface area contributed by atoms with Crippen molar-refractivity contribution in [2.45, 2.75) is 19.8 Å². The van der Waals surface area contributed by atoms with Crippen LogP contribution in [0.5, 0.6) is 0 Å². The molecule has 0 aromatic carbocycles. The summed E-state index contributed by atoms with van der Waals surface area (Å²) in [6, 6.07) is 0. The summed E-state index contributed by atoms with van der Waals surface area (Å²) in [6.07, 6.45) is 1.60. The van der Waals surface area contributed by atoms with E-state index < -0.39 is 0 Å². The Labute approximate surface area is 44.2 Å².